The fraction of sp³-hybridized carbons (Fsp3) is 0.278. The summed E-state index contributed by atoms with van der Waals surface area (Å²) in [5.74, 6) is -0.239. The van der Waals surface area contributed by atoms with Gasteiger partial charge in [0.05, 0.1) is 10.6 Å². The Morgan fingerprint density at radius 3 is 2.81 bits per heavy atom. The van der Waals surface area contributed by atoms with Crippen molar-refractivity contribution in [2.45, 2.75) is 33.2 Å². The average Bonchev–Trinajstić information content (AvgIpc) is 2.92. The summed E-state index contributed by atoms with van der Waals surface area (Å²) in [5, 5.41) is 21.8. The summed E-state index contributed by atoms with van der Waals surface area (Å²) < 4.78 is 1.63. The molecule has 3 rings (SSSR count). The lowest BCUT2D eigenvalue weighted by molar-refractivity contribution is -0.384. The van der Waals surface area contributed by atoms with Crippen molar-refractivity contribution in [2.75, 3.05) is 0 Å². The molecule has 2 aromatic rings. The highest BCUT2D eigenvalue weighted by molar-refractivity contribution is 7.71. The number of aromatic amines is 1. The summed E-state index contributed by atoms with van der Waals surface area (Å²) in [6, 6.07) is 4.24. The quantitative estimate of drug-likeness (QED) is 0.466. The lowest BCUT2D eigenvalue weighted by Crippen LogP contribution is -2.19. The third-order valence-corrected chi connectivity index (χ3v) is 4.93. The number of allylic oxidation sites excluding steroid dienone is 1. The number of non-ortho nitro benzene ring substituents is 1. The van der Waals surface area contributed by atoms with E-state index in [9.17, 15) is 20.0 Å². The van der Waals surface area contributed by atoms with Crippen LogP contribution in [0.2, 0.25) is 0 Å². The summed E-state index contributed by atoms with van der Waals surface area (Å²) >= 11 is 5.17. The maximum Gasteiger partial charge on any atom is 0.270 e. The first-order valence-electron chi connectivity index (χ1n) is 8.38. The lowest BCUT2D eigenvalue weighted by atomic mass is 10.0. The van der Waals surface area contributed by atoms with Crippen molar-refractivity contribution in [3.05, 3.63) is 54.6 Å². The van der Waals surface area contributed by atoms with E-state index in [4.69, 9.17) is 12.2 Å². The number of rotatable bonds is 4. The number of aromatic nitrogens is 2. The molecule has 1 aromatic carbocycles. The van der Waals surface area contributed by atoms with Gasteiger partial charge in [0, 0.05) is 35.0 Å². The molecule has 1 atom stereocenters. The molecule has 0 saturated heterocycles. The van der Waals surface area contributed by atoms with Gasteiger partial charge < -0.3 is 5.11 Å². The summed E-state index contributed by atoms with van der Waals surface area (Å²) in [5.41, 5.74) is 1.69. The summed E-state index contributed by atoms with van der Waals surface area (Å²) in [4.78, 5) is 30.0. The molecule has 2 heterocycles. The van der Waals surface area contributed by atoms with Gasteiger partial charge in [-0.1, -0.05) is 6.92 Å². The van der Waals surface area contributed by atoms with Gasteiger partial charge in [-0.05, 0) is 44.6 Å². The van der Waals surface area contributed by atoms with E-state index in [1.165, 1.54) is 22.8 Å². The average molecular weight is 386 g/mol. The Labute approximate surface area is 159 Å². The van der Waals surface area contributed by atoms with Crippen molar-refractivity contribution in [1.82, 2.24) is 9.55 Å². The van der Waals surface area contributed by atoms with Crippen LogP contribution >= 0.6 is 12.2 Å². The topological polar surface area (TPSA) is 114 Å². The van der Waals surface area contributed by atoms with Crippen molar-refractivity contribution < 1.29 is 10.0 Å². The highest BCUT2D eigenvalue weighted by atomic mass is 32.1. The Bertz CT molecular complexity index is 1130. The summed E-state index contributed by atoms with van der Waals surface area (Å²) in [6.07, 6.45) is 2.20. The number of hydrogen-bond donors (Lipinski definition) is 2. The van der Waals surface area contributed by atoms with E-state index in [-0.39, 0.29) is 27.9 Å². The van der Waals surface area contributed by atoms with Gasteiger partial charge in [0.25, 0.3) is 11.2 Å². The number of aromatic hydroxyl groups is 1. The van der Waals surface area contributed by atoms with Crippen LogP contribution in [0.3, 0.4) is 0 Å². The minimum atomic E-state index is -0.531. The molecule has 0 radical (unpaired) electrons. The Kier molecular flexibility index (Phi) is 4.79. The minimum Gasteiger partial charge on any atom is -0.494 e. The molecule has 0 bridgehead atoms. The number of nitro groups is 1. The van der Waals surface area contributed by atoms with Gasteiger partial charge in [0.2, 0.25) is 5.88 Å². The maximum atomic E-state index is 12.4. The molecule has 1 aromatic heterocycles. The standard InChI is InChI=1S/C18H18N4O4S/c1-4-9(2)21-17(24)14(16(23)20-18(21)27)8-12-10(3)19-15-6-5-11(22(25)26)7-13(12)15/h5-9,24H,4H2,1-3H3,(H,20,23,27). The summed E-state index contributed by atoms with van der Waals surface area (Å²) in [6.45, 7) is 5.57. The zero-order chi connectivity index (χ0) is 19.9. The molecule has 9 heteroatoms. The first-order chi connectivity index (χ1) is 12.7. The number of hydrogen-bond acceptors (Lipinski definition) is 6. The fourth-order valence-corrected chi connectivity index (χ4v) is 3.35. The van der Waals surface area contributed by atoms with Gasteiger partial charge in [0.1, 0.15) is 5.56 Å². The van der Waals surface area contributed by atoms with Gasteiger partial charge in [-0.2, -0.15) is 0 Å². The van der Waals surface area contributed by atoms with E-state index in [0.29, 0.717) is 29.0 Å². The van der Waals surface area contributed by atoms with E-state index in [1.54, 1.807) is 13.0 Å². The second kappa shape index (κ2) is 6.92. The molecule has 8 nitrogen and oxygen atoms in total. The number of nitrogens with one attached hydrogen (secondary N) is 1. The minimum absolute atomic E-state index is 0.0350. The third-order valence-electron chi connectivity index (χ3n) is 4.63. The van der Waals surface area contributed by atoms with E-state index in [2.05, 4.69) is 9.98 Å². The maximum absolute atomic E-state index is 12.4. The second-order valence-electron chi connectivity index (χ2n) is 6.34. The van der Waals surface area contributed by atoms with Crippen LogP contribution in [0.25, 0.3) is 11.6 Å². The molecule has 1 unspecified atom stereocenters. The third kappa shape index (κ3) is 3.21. The van der Waals surface area contributed by atoms with Crippen LogP contribution < -0.4 is 5.56 Å². The molecule has 27 heavy (non-hydrogen) atoms. The normalized spacial score (nSPS) is 15.5. The highest BCUT2D eigenvalue weighted by Crippen LogP contribution is 2.38. The van der Waals surface area contributed by atoms with Gasteiger partial charge in [-0.3, -0.25) is 29.5 Å². The van der Waals surface area contributed by atoms with E-state index in [0.717, 1.165) is 0 Å². The molecule has 2 N–H and O–H groups in total. The van der Waals surface area contributed by atoms with Gasteiger partial charge in [-0.15, -0.1) is 0 Å². The van der Waals surface area contributed by atoms with Gasteiger partial charge in [0.15, 0.2) is 4.77 Å². The van der Waals surface area contributed by atoms with Crippen molar-refractivity contribution in [1.29, 1.82) is 0 Å². The number of H-pyrrole nitrogens is 1. The van der Waals surface area contributed by atoms with Crippen LogP contribution in [0.15, 0.2) is 28.0 Å². The first-order valence-corrected chi connectivity index (χ1v) is 8.79. The number of nitrogens with zero attached hydrogens (tertiary/aromatic N) is 3. The molecular formula is C18H18N4O4S. The Hall–Kier alpha value is -3.07. The Morgan fingerprint density at radius 2 is 2.19 bits per heavy atom. The van der Waals surface area contributed by atoms with Crippen LogP contribution in [0.1, 0.15) is 44.4 Å². The number of fused-ring (bicyclic) bond motifs is 1. The zero-order valence-electron chi connectivity index (χ0n) is 15.0. The molecule has 0 spiro atoms. The smallest absolute Gasteiger partial charge is 0.270 e. The van der Waals surface area contributed by atoms with E-state index >= 15 is 0 Å². The largest absolute Gasteiger partial charge is 0.494 e. The number of aliphatic imine (C=N–C) groups is 1. The lowest BCUT2D eigenvalue weighted by Gasteiger charge is -2.17. The molecule has 0 aliphatic carbocycles. The predicted molar refractivity (Wildman–Crippen MR) is 106 cm³/mol. The van der Waals surface area contributed by atoms with Crippen LogP contribution in [-0.4, -0.2) is 25.3 Å². The molecule has 1 aliphatic rings. The van der Waals surface area contributed by atoms with Gasteiger partial charge in [-0.25, -0.2) is 0 Å². The molecule has 0 saturated carbocycles. The Morgan fingerprint density at radius 1 is 1.48 bits per heavy atom. The molecule has 1 aliphatic heterocycles. The zero-order valence-corrected chi connectivity index (χ0v) is 15.8. The van der Waals surface area contributed by atoms with Crippen molar-refractivity contribution in [3.8, 4) is 5.88 Å². The van der Waals surface area contributed by atoms with Crippen molar-refractivity contribution >= 4 is 41.0 Å². The number of nitro benzene ring substituents is 1. The molecular weight excluding hydrogens is 368 g/mol. The van der Waals surface area contributed by atoms with Crippen LogP contribution in [-0.2, 0) is 0 Å². The van der Waals surface area contributed by atoms with Crippen molar-refractivity contribution in [3.63, 3.8) is 0 Å². The van der Waals surface area contributed by atoms with Crippen LogP contribution in [0.5, 0.6) is 5.88 Å². The predicted octanol–water partition coefficient (Wildman–Crippen LogP) is 4.14. The first kappa shape index (κ1) is 18.7. The second-order valence-corrected chi connectivity index (χ2v) is 6.72. The fourth-order valence-electron chi connectivity index (χ4n) is 2.99. The monoisotopic (exact) mass is 386 g/mol. The van der Waals surface area contributed by atoms with Crippen LogP contribution in [0, 0.1) is 14.9 Å². The van der Waals surface area contributed by atoms with E-state index in [1.807, 2.05) is 13.8 Å². The Balaban J connectivity index is 2.24. The molecule has 0 fully saturated rings. The van der Waals surface area contributed by atoms with E-state index < -0.39 is 10.5 Å². The summed E-state index contributed by atoms with van der Waals surface area (Å²) in [7, 11) is 0. The van der Waals surface area contributed by atoms with Crippen molar-refractivity contribution in [2.24, 2.45) is 4.99 Å². The van der Waals surface area contributed by atoms with Crippen LogP contribution in [0.4, 0.5) is 11.4 Å². The number of benzene rings is 1. The molecule has 0 amide bonds. The molecule has 140 valence electrons. The highest BCUT2D eigenvalue weighted by Gasteiger charge is 2.23. The van der Waals surface area contributed by atoms with Gasteiger partial charge >= 0.3 is 0 Å². The SMILES string of the molecule is CCC(C)n1c(O)c(C=C2C(C)=Nc3ccc([N+](=O)[O-])cc32)c(=O)[nH]c1=S.